The van der Waals surface area contributed by atoms with Gasteiger partial charge in [-0.3, -0.25) is 0 Å². The standard InChI is InChI=1S/C9H8F/c10-9-3-1-2-8(6-9)7-4-5-7/h1,3,6-7H,4-5H2. The predicted octanol–water partition coefficient (Wildman–Crippen LogP) is 2.50. The van der Waals surface area contributed by atoms with Crippen molar-refractivity contribution in [2.45, 2.75) is 18.8 Å². The molecule has 1 heteroatoms. The van der Waals surface area contributed by atoms with Crippen molar-refractivity contribution in [1.29, 1.82) is 0 Å². The van der Waals surface area contributed by atoms with E-state index in [9.17, 15) is 4.39 Å². The molecule has 1 aliphatic carbocycles. The van der Waals surface area contributed by atoms with Crippen molar-refractivity contribution < 1.29 is 4.39 Å². The first-order chi connectivity index (χ1) is 4.86. The Morgan fingerprint density at radius 2 is 2.30 bits per heavy atom. The Bertz CT molecular complexity index is 238. The van der Waals surface area contributed by atoms with Gasteiger partial charge in [0.2, 0.25) is 0 Å². The third kappa shape index (κ3) is 1.04. The van der Waals surface area contributed by atoms with E-state index in [1.54, 1.807) is 12.1 Å². The van der Waals surface area contributed by atoms with Gasteiger partial charge in [-0.25, -0.2) is 4.39 Å². The Kier molecular flexibility index (Phi) is 1.23. The topological polar surface area (TPSA) is 0 Å². The minimum atomic E-state index is -0.138. The second-order valence-electron chi connectivity index (χ2n) is 2.74. The second-order valence-corrected chi connectivity index (χ2v) is 2.74. The van der Waals surface area contributed by atoms with Gasteiger partial charge in [-0.15, -0.1) is 0 Å². The summed E-state index contributed by atoms with van der Waals surface area (Å²) in [4.78, 5) is 0. The fourth-order valence-corrected chi connectivity index (χ4v) is 1.09. The number of rotatable bonds is 1. The van der Waals surface area contributed by atoms with E-state index in [1.807, 2.05) is 0 Å². The molecule has 0 heterocycles. The van der Waals surface area contributed by atoms with Crippen molar-refractivity contribution in [1.82, 2.24) is 0 Å². The molecule has 1 fully saturated rings. The third-order valence-electron chi connectivity index (χ3n) is 1.80. The zero-order valence-electron chi connectivity index (χ0n) is 5.60. The van der Waals surface area contributed by atoms with E-state index >= 15 is 0 Å². The lowest BCUT2D eigenvalue weighted by molar-refractivity contribution is 0.625. The quantitative estimate of drug-likeness (QED) is 0.555. The van der Waals surface area contributed by atoms with Crippen molar-refractivity contribution in [3.8, 4) is 0 Å². The van der Waals surface area contributed by atoms with Gasteiger partial charge in [0.05, 0.1) is 0 Å². The van der Waals surface area contributed by atoms with Gasteiger partial charge in [0.15, 0.2) is 0 Å². The van der Waals surface area contributed by atoms with E-state index in [-0.39, 0.29) is 5.82 Å². The highest BCUT2D eigenvalue weighted by molar-refractivity contribution is 5.22. The fourth-order valence-electron chi connectivity index (χ4n) is 1.09. The molecule has 1 radical (unpaired) electrons. The Hall–Kier alpha value is -0.850. The summed E-state index contributed by atoms with van der Waals surface area (Å²) < 4.78 is 12.5. The summed E-state index contributed by atoms with van der Waals surface area (Å²) in [6, 6.07) is 7.70. The van der Waals surface area contributed by atoms with Crippen molar-refractivity contribution in [2.75, 3.05) is 0 Å². The van der Waals surface area contributed by atoms with Crippen molar-refractivity contribution in [3.05, 3.63) is 35.6 Å². The molecule has 1 saturated carbocycles. The molecule has 0 amide bonds. The van der Waals surface area contributed by atoms with Crippen molar-refractivity contribution in [2.24, 2.45) is 0 Å². The van der Waals surface area contributed by atoms with E-state index in [0.29, 0.717) is 5.92 Å². The largest absolute Gasteiger partial charge is 0.207 e. The van der Waals surface area contributed by atoms with Gasteiger partial charge >= 0.3 is 0 Å². The van der Waals surface area contributed by atoms with E-state index in [0.717, 1.165) is 5.56 Å². The van der Waals surface area contributed by atoms with Crippen LogP contribution in [0.2, 0.25) is 0 Å². The van der Waals surface area contributed by atoms with Crippen LogP contribution in [0.25, 0.3) is 0 Å². The van der Waals surface area contributed by atoms with Crippen LogP contribution in [0.1, 0.15) is 24.3 Å². The van der Waals surface area contributed by atoms with Crippen molar-refractivity contribution in [3.63, 3.8) is 0 Å². The minimum absolute atomic E-state index is 0.138. The van der Waals surface area contributed by atoms with Crippen molar-refractivity contribution >= 4 is 0 Å². The third-order valence-corrected chi connectivity index (χ3v) is 1.80. The first kappa shape index (κ1) is 5.90. The van der Waals surface area contributed by atoms with E-state index < -0.39 is 0 Å². The van der Waals surface area contributed by atoms with Gasteiger partial charge in [0.1, 0.15) is 5.82 Å². The molecule has 0 spiro atoms. The second kappa shape index (κ2) is 2.08. The minimum Gasteiger partial charge on any atom is -0.207 e. The molecule has 51 valence electrons. The zero-order valence-corrected chi connectivity index (χ0v) is 5.60. The first-order valence-electron chi connectivity index (χ1n) is 3.53. The fraction of sp³-hybridized carbons (Fsp3) is 0.333. The smallest absolute Gasteiger partial charge is 0.123 e. The number of benzene rings is 1. The van der Waals surface area contributed by atoms with Crippen LogP contribution in [-0.4, -0.2) is 0 Å². The Morgan fingerprint density at radius 1 is 1.50 bits per heavy atom. The predicted molar refractivity (Wildman–Crippen MR) is 37.2 cm³/mol. The molecule has 0 nitrogen and oxygen atoms in total. The average molecular weight is 135 g/mol. The van der Waals surface area contributed by atoms with Crippen LogP contribution in [0, 0.1) is 11.9 Å². The molecule has 0 bridgehead atoms. The lowest BCUT2D eigenvalue weighted by Crippen LogP contribution is -1.80. The SMILES string of the molecule is Fc1cc[c]c(C2CC2)c1. The van der Waals surface area contributed by atoms with E-state index in [1.165, 1.54) is 18.9 Å². The summed E-state index contributed by atoms with van der Waals surface area (Å²) in [6.07, 6.45) is 2.42. The van der Waals surface area contributed by atoms with Gasteiger partial charge in [-0.05, 0) is 42.5 Å². The monoisotopic (exact) mass is 135 g/mol. The van der Waals surface area contributed by atoms with E-state index in [4.69, 9.17) is 0 Å². The molecule has 1 aromatic rings. The number of hydrogen-bond acceptors (Lipinski definition) is 0. The van der Waals surface area contributed by atoms with E-state index in [2.05, 4.69) is 6.07 Å². The lowest BCUT2D eigenvalue weighted by Gasteiger charge is -1.94. The van der Waals surface area contributed by atoms with Gasteiger partial charge in [0, 0.05) is 0 Å². The highest BCUT2D eigenvalue weighted by atomic mass is 19.1. The van der Waals surface area contributed by atoms with Gasteiger partial charge < -0.3 is 0 Å². The van der Waals surface area contributed by atoms with Crippen LogP contribution < -0.4 is 0 Å². The molecule has 0 saturated heterocycles. The Morgan fingerprint density at radius 3 is 2.90 bits per heavy atom. The van der Waals surface area contributed by atoms with Crippen LogP contribution >= 0.6 is 0 Å². The highest BCUT2D eigenvalue weighted by Gasteiger charge is 2.23. The highest BCUT2D eigenvalue weighted by Crippen LogP contribution is 2.39. The summed E-state index contributed by atoms with van der Waals surface area (Å²) in [6.45, 7) is 0. The average Bonchev–Trinajstić information content (AvgIpc) is 2.68. The van der Waals surface area contributed by atoms with Gasteiger partial charge in [-0.2, -0.15) is 0 Å². The Balaban J connectivity index is 2.32. The van der Waals surface area contributed by atoms with Crippen LogP contribution in [0.5, 0.6) is 0 Å². The molecule has 2 rings (SSSR count). The summed E-state index contributed by atoms with van der Waals surface area (Å²) >= 11 is 0. The molecule has 0 atom stereocenters. The molecular weight excluding hydrogens is 127 g/mol. The molecule has 1 aromatic carbocycles. The molecule has 0 aromatic heterocycles. The summed E-state index contributed by atoms with van der Waals surface area (Å²) in [5.41, 5.74) is 1.04. The normalized spacial score (nSPS) is 17.3. The lowest BCUT2D eigenvalue weighted by atomic mass is 10.1. The van der Waals surface area contributed by atoms with Gasteiger partial charge in [0.25, 0.3) is 0 Å². The van der Waals surface area contributed by atoms with Crippen LogP contribution in [0.3, 0.4) is 0 Å². The molecule has 0 N–H and O–H groups in total. The molecule has 0 unspecified atom stereocenters. The van der Waals surface area contributed by atoms with Gasteiger partial charge in [-0.1, -0.05) is 6.07 Å². The molecular formula is C9H8F. The first-order valence-corrected chi connectivity index (χ1v) is 3.53. The molecule has 0 aliphatic heterocycles. The maximum absolute atomic E-state index is 12.5. The van der Waals surface area contributed by atoms with Crippen LogP contribution in [0.15, 0.2) is 18.2 Å². The summed E-state index contributed by atoms with van der Waals surface area (Å²) in [5, 5.41) is 0. The maximum Gasteiger partial charge on any atom is 0.123 e. The summed E-state index contributed by atoms with van der Waals surface area (Å²) in [5.74, 6) is 0.469. The molecule has 10 heavy (non-hydrogen) atoms. The zero-order chi connectivity index (χ0) is 6.97. The number of halogens is 1. The number of hydrogen-bond donors (Lipinski definition) is 0. The summed E-state index contributed by atoms with van der Waals surface area (Å²) in [7, 11) is 0. The Labute approximate surface area is 59.7 Å². The van der Waals surface area contributed by atoms with Crippen LogP contribution in [0.4, 0.5) is 4.39 Å². The maximum atomic E-state index is 12.5. The van der Waals surface area contributed by atoms with Crippen LogP contribution in [-0.2, 0) is 0 Å². The molecule has 1 aliphatic rings.